The Morgan fingerprint density at radius 3 is 2.80 bits per heavy atom. The van der Waals surface area contributed by atoms with Crippen LogP contribution in [0.4, 0.5) is 13.6 Å². The van der Waals surface area contributed by atoms with Crippen LogP contribution in [0.3, 0.4) is 0 Å². The van der Waals surface area contributed by atoms with E-state index < -0.39 is 25.1 Å². The molecule has 1 saturated heterocycles. The third kappa shape index (κ3) is 1.82. The Kier molecular flexibility index (Phi) is 2.03. The van der Waals surface area contributed by atoms with Gasteiger partial charge in [0.25, 0.3) is 0 Å². The molecule has 1 heterocycles. The molecule has 58 valence electrons. The van der Waals surface area contributed by atoms with Crippen LogP contribution >= 0.6 is 0 Å². The van der Waals surface area contributed by atoms with Crippen LogP contribution in [-0.2, 0) is 9.47 Å². The molecule has 5 heteroatoms. The first kappa shape index (κ1) is 7.24. The van der Waals surface area contributed by atoms with Crippen molar-refractivity contribution in [2.75, 3.05) is 6.61 Å². The topological polar surface area (TPSA) is 35.5 Å². The van der Waals surface area contributed by atoms with Gasteiger partial charge in [0.05, 0.1) is 0 Å². The smallest absolute Gasteiger partial charge is 0.430 e. The van der Waals surface area contributed by atoms with E-state index in [0.717, 1.165) is 0 Å². The van der Waals surface area contributed by atoms with Crippen molar-refractivity contribution in [2.24, 2.45) is 0 Å². The molecule has 1 unspecified atom stereocenters. The first-order valence-electron chi connectivity index (χ1n) is 2.80. The van der Waals surface area contributed by atoms with E-state index >= 15 is 0 Å². The minimum absolute atomic E-state index is 0.0524. The summed E-state index contributed by atoms with van der Waals surface area (Å²) in [4.78, 5) is 10.1. The van der Waals surface area contributed by atoms with Crippen molar-refractivity contribution in [1.29, 1.82) is 0 Å². The Morgan fingerprint density at radius 2 is 2.40 bits per heavy atom. The zero-order valence-electron chi connectivity index (χ0n) is 5.05. The van der Waals surface area contributed by atoms with E-state index in [1.54, 1.807) is 0 Å². The van der Waals surface area contributed by atoms with Gasteiger partial charge in [0.15, 0.2) is 0 Å². The maximum absolute atomic E-state index is 11.6. The SMILES string of the molecule is O=C1OCC(CC(F)F)O1. The van der Waals surface area contributed by atoms with Gasteiger partial charge >= 0.3 is 6.16 Å². The van der Waals surface area contributed by atoms with Gasteiger partial charge < -0.3 is 9.47 Å². The molecule has 0 amide bonds. The third-order valence-electron chi connectivity index (χ3n) is 1.09. The lowest BCUT2D eigenvalue weighted by atomic mass is 10.3. The Labute approximate surface area is 55.9 Å². The van der Waals surface area contributed by atoms with Gasteiger partial charge in [-0.05, 0) is 0 Å². The fourth-order valence-electron chi connectivity index (χ4n) is 0.680. The number of ether oxygens (including phenoxy) is 2. The molecule has 0 aromatic carbocycles. The number of alkyl halides is 2. The number of hydrogen-bond donors (Lipinski definition) is 0. The van der Waals surface area contributed by atoms with Gasteiger partial charge in [-0.15, -0.1) is 0 Å². The maximum atomic E-state index is 11.6. The van der Waals surface area contributed by atoms with Crippen molar-refractivity contribution in [3.05, 3.63) is 0 Å². The molecule has 3 nitrogen and oxygen atoms in total. The fraction of sp³-hybridized carbons (Fsp3) is 0.800. The summed E-state index contributed by atoms with van der Waals surface area (Å²) in [6.07, 6.45) is -4.50. The van der Waals surface area contributed by atoms with E-state index in [2.05, 4.69) is 9.47 Å². The molecule has 1 aliphatic rings. The number of cyclic esters (lactones) is 2. The summed E-state index contributed by atoms with van der Waals surface area (Å²) in [5.41, 5.74) is 0. The molecule has 0 saturated carbocycles. The zero-order chi connectivity index (χ0) is 7.56. The Balaban J connectivity index is 2.24. The Hall–Kier alpha value is -0.870. The minimum atomic E-state index is -2.44. The van der Waals surface area contributed by atoms with Crippen molar-refractivity contribution in [1.82, 2.24) is 0 Å². The molecule has 1 atom stereocenters. The molecular weight excluding hydrogens is 146 g/mol. The van der Waals surface area contributed by atoms with Crippen LogP contribution in [-0.4, -0.2) is 25.3 Å². The maximum Gasteiger partial charge on any atom is 0.508 e. The minimum Gasteiger partial charge on any atom is -0.430 e. The number of carbonyl (C=O) groups excluding carboxylic acids is 1. The molecule has 0 aromatic rings. The second-order valence-corrected chi connectivity index (χ2v) is 1.93. The molecular formula is C5H6F2O3. The summed E-state index contributed by atoms with van der Waals surface area (Å²) in [7, 11) is 0. The van der Waals surface area contributed by atoms with Crippen molar-refractivity contribution in [3.8, 4) is 0 Å². The van der Waals surface area contributed by atoms with Gasteiger partial charge in [0, 0.05) is 6.42 Å². The number of halogens is 2. The molecule has 0 aromatic heterocycles. The van der Waals surface area contributed by atoms with Crippen molar-refractivity contribution >= 4 is 6.16 Å². The van der Waals surface area contributed by atoms with Crippen LogP contribution in [0.25, 0.3) is 0 Å². The van der Waals surface area contributed by atoms with Gasteiger partial charge in [-0.2, -0.15) is 0 Å². The van der Waals surface area contributed by atoms with Crippen LogP contribution in [0.2, 0.25) is 0 Å². The Morgan fingerprint density at radius 1 is 1.70 bits per heavy atom. The molecule has 10 heavy (non-hydrogen) atoms. The van der Waals surface area contributed by atoms with Crippen LogP contribution in [0.1, 0.15) is 6.42 Å². The number of carbonyl (C=O) groups is 1. The molecule has 1 aliphatic heterocycles. The summed E-state index contributed by atoms with van der Waals surface area (Å²) in [5, 5.41) is 0. The highest BCUT2D eigenvalue weighted by Crippen LogP contribution is 2.13. The summed E-state index contributed by atoms with van der Waals surface area (Å²) >= 11 is 0. The van der Waals surface area contributed by atoms with Gasteiger partial charge in [0.2, 0.25) is 6.43 Å². The second kappa shape index (κ2) is 2.81. The third-order valence-corrected chi connectivity index (χ3v) is 1.09. The first-order chi connectivity index (χ1) is 4.68. The summed E-state index contributed by atoms with van der Waals surface area (Å²) in [5.74, 6) is 0. The second-order valence-electron chi connectivity index (χ2n) is 1.93. The van der Waals surface area contributed by atoms with Gasteiger partial charge in [0.1, 0.15) is 12.7 Å². The molecule has 0 bridgehead atoms. The van der Waals surface area contributed by atoms with Crippen LogP contribution in [0.15, 0.2) is 0 Å². The first-order valence-corrected chi connectivity index (χ1v) is 2.80. The van der Waals surface area contributed by atoms with E-state index in [4.69, 9.17) is 0 Å². The average Bonchev–Trinajstić information content (AvgIpc) is 2.13. The largest absolute Gasteiger partial charge is 0.508 e. The molecule has 1 fully saturated rings. The van der Waals surface area contributed by atoms with Crippen LogP contribution in [0, 0.1) is 0 Å². The highest BCUT2D eigenvalue weighted by Gasteiger charge is 2.27. The van der Waals surface area contributed by atoms with Crippen molar-refractivity contribution < 1.29 is 23.0 Å². The number of rotatable bonds is 2. The van der Waals surface area contributed by atoms with E-state index in [9.17, 15) is 13.6 Å². The van der Waals surface area contributed by atoms with E-state index in [1.165, 1.54) is 0 Å². The van der Waals surface area contributed by atoms with E-state index in [1.807, 2.05) is 0 Å². The van der Waals surface area contributed by atoms with E-state index in [0.29, 0.717) is 0 Å². The van der Waals surface area contributed by atoms with Crippen molar-refractivity contribution in [2.45, 2.75) is 19.0 Å². The predicted molar refractivity (Wildman–Crippen MR) is 26.8 cm³/mol. The van der Waals surface area contributed by atoms with Gasteiger partial charge in [-0.1, -0.05) is 0 Å². The molecule has 1 rings (SSSR count). The lowest BCUT2D eigenvalue weighted by Crippen LogP contribution is -2.13. The summed E-state index contributed by atoms with van der Waals surface area (Å²) in [6.45, 7) is -0.0524. The van der Waals surface area contributed by atoms with Crippen molar-refractivity contribution in [3.63, 3.8) is 0 Å². The standard InChI is InChI=1S/C5H6F2O3/c6-4(7)1-3-2-9-5(8)10-3/h3-4H,1-2H2. The number of hydrogen-bond acceptors (Lipinski definition) is 3. The quantitative estimate of drug-likeness (QED) is 0.557. The Bertz CT molecular complexity index is 137. The molecule has 0 radical (unpaired) electrons. The van der Waals surface area contributed by atoms with Gasteiger partial charge in [-0.3, -0.25) is 0 Å². The summed E-state index contributed by atoms with van der Waals surface area (Å²) < 4.78 is 31.7. The predicted octanol–water partition coefficient (Wildman–Crippen LogP) is 1.18. The van der Waals surface area contributed by atoms with Crippen LogP contribution < -0.4 is 0 Å². The fourth-order valence-corrected chi connectivity index (χ4v) is 0.680. The molecule has 0 N–H and O–H groups in total. The molecule has 0 aliphatic carbocycles. The van der Waals surface area contributed by atoms with Gasteiger partial charge in [-0.25, -0.2) is 13.6 Å². The molecule has 0 spiro atoms. The van der Waals surface area contributed by atoms with E-state index in [-0.39, 0.29) is 6.61 Å². The lowest BCUT2D eigenvalue weighted by Gasteiger charge is -2.02. The highest BCUT2D eigenvalue weighted by molar-refractivity contribution is 5.61. The average molecular weight is 152 g/mol. The van der Waals surface area contributed by atoms with Crippen LogP contribution in [0.5, 0.6) is 0 Å². The normalized spacial score (nSPS) is 24.7. The highest BCUT2D eigenvalue weighted by atomic mass is 19.3. The summed E-state index contributed by atoms with van der Waals surface area (Å²) in [6, 6.07) is 0. The zero-order valence-corrected chi connectivity index (χ0v) is 5.05. The monoisotopic (exact) mass is 152 g/mol. The lowest BCUT2D eigenvalue weighted by molar-refractivity contribution is 0.0673.